The smallest absolute Gasteiger partial charge is 0.305 e. The van der Waals surface area contributed by atoms with E-state index in [0.29, 0.717) is 0 Å². The van der Waals surface area contributed by atoms with E-state index in [1.165, 1.54) is 7.11 Å². The Hall–Kier alpha value is -0.660. The molecule has 1 saturated carbocycles. The summed E-state index contributed by atoms with van der Waals surface area (Å²) in [7, 11) is -2.06. The molecule has 0 spiro atoms. The molecule has 0 aromatic heterocycles. The van der Waals surface area contributed by atoms with Gasteiger partial charge in [0.2, 0.25) is 10.0 Å². The van der Waals surface area contributed by atoms with Gasteiger partial charge in [-0.05, 0) is 19.3 Å². The molecule has 0 aromatic carbocycles. The Kier molecular flexibility index (Phi) is 5.35. The number of rotatable bonds is 6. The molecule has 0 saturated heterocycles. The van der Waals surface area contributed by atoms with Crippen LogP contribution in [0.3, 0.4) is 0 Å². The van der Waals surface area contributed by atoms with Crippen LogP contribution in [0.5, 0.6) is 0 Å². The van der Waals surface area contributed by atoms with Gasteiger partial charge < -0.3 is 10.5 Å². The minimum absolute atomic E-state index is 0.0642. The van der Waals surface area contributed by atoms with Crippen molar-refractivity contribution in [2.45, 2.75) is 44.2 Å². The third-order valence-electron chi connectivity index (χ3n) is 2.92. The van der Waals surface area contributed by atoms with Gasteiger partial charge in [-0.1, -0.05) is 6.42 Å². The third kappa shape index (κ3) is 5.01. The molecule has 0 aliphatic heterocycles. The summed E-state index contributed by atoms with van der Waals surface area (Å²) in [5.41, 5.74) is 5.78. The lowest BCUT2D eigenvalue weighted by Crippen LogP contribution is -2.44. The Balaban J connectivity index is 2.33. The van der Waals surface area contributed by atoms with Gasteiger partial charge in [0.25, 0.3) is 0 Å². The Morgan fingerprint density at radius 3 is 2.71 bits per heavy atom. The topological polar surface area (TPSA) is 98.5 Å². The molecule has 2 unspecified atom stereocenters. The van der Waals surface area contributed by atoms with Crippen molar-refractivity contribution in [2.24, 2.45) is 5.73 Å². The van der Waals surface area contributed by atoms with Crippen LogP contribution >= 0.6 is 0 Å². The minimum Gasteiger partial charge on any atom is -0.469 e. The summed E-state index contributed by atoms with van der Waals surface area (Å²) in [5, 5.41) is 0. The lowest BCUT2D eigenvalue weighted by molar-refractivity contribution is -0.140. The highest BCUT2D eigenvalue weighted by Crippen LogP contribution is 2.17. The first kappa shape index (κ1) is 14.4. The molecule has 1 aliphatic rings. The van der Waals surface area contributed by atoms with E-state index in [9.17, 15) is 13.2 Å². The summed E-state index contributed by atoms with van der Waals surface area (Å²) in [5.74, 6) is -0.455. The molecular formula is C10H20N2O4S. The van der Waals surface area contributed by atoms with Crippen LogP contribution in [0.15, 0.2) is 0 Å². The monoisotopic (exact) mass is 264 g/mol. The van der Waals surface area contributed by atoms with Crippen molar-refractivity contribution in [1.29, 1.82) is 0 Å². The molecule has 1 fully saturated rings. The van der Waals surface area contributed by atoms with E-state index >= 15 is 0 Å². The van der Waals surface area contributed by atoms with Gasteiger partial charge >= 0.3 is 5.97 Å². The van der Waals surface area contributed by atoms with Crippen molar-refractivity contribution in [2.75, 3.05) is 12.9 Å². The van der Waals surface area contributed by atoms with Gasteiger partial charge in [-0.25, -0.2) is 13.1 Å². The van der Waals surface area contributed by atoms with Crippen LogP contribution in [0, 0.1) is 0 Å². The fraction of sp³-hybridized carbons (Fsp3) is 0.900. The standard InChI is InChI=1S/C10H20N2O4S/c1-16-10(13)6-3-7-17(14,15)12-9-5-2-4-8(9)11/h8-9,12H,2-7,11H2,1H3. The molecule has 1 rings (SSSR count). The van der Waals surface area contributed by atoms with Crippen molar-refractivity contribution in [1.82, 2.24) is 4.72 Å². The summed E-state index contributed by atoms with van der Waals surface area (Å²) >= 11 is 0. The molecule has 100 valence electrons. The van der Waals surface area contributed by atoms with Crippen LogP contribution in [0.4, 0.5) is 0 Å². The van der Waals surface area contributed by atoms with Crippen molar-refractivity contribution in [3.05, 3.63) is 0 Å². The van der Waals surface area contributed by atoms with Gasteiger partial charge in [-0.15, -0.1) is 0 Å². The summed E-state index contributed by atoms with van der Waals surface area (Å²) in [6.45, 7) is 0. The van der Waals surface area contributed by atoms with E-state index in [-0.39, 0.29) is 30.7 Å². The second kappa shape index (κ2) is 6.32. The SMILES string of the molecule is COC(=O)CCCS(=O)(=O)NC1CCCC1N. The summed E-state index contributed by atoms with van der Waals surface area (Å²) in [6, 6.07) is -0.247. The number of carbonyl (C=O) groups is 1. The second-order valence-corrected chi connectivity index (χ2v) is 6.19. The Morgan fingerprint density at radius 2 is 2.18 bits per heavy atom. The van der Waals surface area contributed by atoms with Gasteiger partial charge in [0.05, 0.1) is 12.9 Å². The van der Waals surface area contributed by atoms with Gasteiger partial charge in [0, 0.05) is 18.5 Å². The molecule has 0 heterocycles. The van der Waals surface area contributed by atoms with E-state index in [1.54, 1.807) is 0 Å². The molecule has 0 bridgehead atoms. The van der Waals surface area contributed by atoms with Gasteiger partial charge in [-0.3, -0.25) is 4.79 Å². The normalized spacial score (nSPS) is 24.8. The number of hydrogen-bond acceptors (Lipinski definition) is 5. The zero-order chi connectivity index (χ0) is 12.9. The zero-order valence-corrected chi connectivity index (χ0v) is 10.8. The van der Waals surface area contributed by atoms with Crippen LogP contribution in [0.1, 0.15) is 32.1 Å². The molecule has 1 aliphatic carbocycles. The van der Waals surface area contributed by atoms with Crippen LogP contribution in [-0.4, -0.2) is 39.3 Å². The molecule has 0 amide bonds. The molecule has 0 radical (unpaired) electrons. The largest absolute Gasteiger partial charge is 0.469 e. The first-order valence-electron chi connectivity index (χ1n) is 5.77. The number of carbonyl (C=O) groups excluding carboxylic acids is 1. The van der Waals surface area contributed by atoms with E-state index in [2.05, 4.69) is 9.46 Å². The maximum atomic E-state index is 11.7. The predicted molar refractivity (Wildman–Crippen MR) is 63.8 cm³/mol. The number of nitrogens with one attached hydrogen (secondary N) is 1. The zero-order valence-electron chi connectivity index (χ0n) is 10.0. The number of esters is 1. The van der Waals surface area contributed by atoms with Crippen molar-refractivity contribution < 1.29 is 17.9 Å². The lowest BCUT2D eigenvalue weighted by atomic mass is 10.2. The van der Waals surface area contributed by atoms with Gasteiger partial charge in [0.15, 0.2) is 0 Å². The maximum absolute atomic E-state index is 11.7. The average Bonchev–Trinajstić information content (AvgIpc) is 2.63. The molecule has 0 aromatic rings. The number of sulfonamides is 1. The van der Waals surface area contributed by atoms with Crippen LogP contribution in [0.2, 0.25) is 0 Å². The predicted octanol–water partition coefficient (Wildman–Crippen LogP) is -0.261. The summed E-state index contributed by atoms with van der Waals surface area (Å²) in [6.07, 6.45) is 2.99. The molecule has 17 heavy (non-hydrogen) atoms. The van der Waals surface area contributed by atoms with E-state index in [4.69, 9.17) is 5.73 Å². The molecular weight excluding hydrogens is 244 g/mol. The number of hydrogen-bond donors (Lipinski definition) is 2. The molecule has 3 N–H and O–H groups in total. The summed E-state index contributed by atoms with van der Waals surface area (Å²) in [4.78, 5) is 10.8. The van der Waals surface area contributed by atoms with Crippen LogP contribution < -0.4 is 10.5 Å². The van der Waals surface area contributed by atoms with Crippen molar-refractivity contribution in [3.63, 3.8) is 0 Å². The fourth-order valence-electron chi connectivity index (χ4n) is 1.93. The Bertz CT molecular complexity index is 355. The minimum atomic E-state index is -3.34. The quantitative estimate of drug-likeness (QED) is 0.644. The molecule has 7 heteroatoms. The lowest BCUT2D eigenvalue weighted by Gasteiger charge is -2.17. The van der Waals surface area contributed by atoms with Crippen molar-refractivity contribution >= 4 is 16.0 Å². The van der Waals surface area contributed by atoms with Crippen LogP contribution in [0.25, 0.3) is 0 Å². The maximum Gasteiger partial charge on any atom is 0.305 e. The molecule has 6 nitrogen and oxygen atoms in total. The van der Waals surface area contributed by atoms with E-state index < -0.39 is 16.0 Å². The van der Waals surface area contributed by atoms with Crippen LogP contribution in [-0.2, 0) is 19.6 Å². The Morgan fingerprint density at radius 1 is 1.47 bits per heavy atom. The highest BCUT2D eigenvalue weighted by Gasteiger charge is 2.27. The summed E-state index contributed by atoms with van der Waals surface area (Å²) < 4.78 is 30.4. The highest BCUT2D eigenvalue weighted by atomic mass is 32.2. The second-order valence-electron chi connectivity index (χ2n) is 4.32. The highest BCUT2D eigenvalue weighted by molar-refractivity contribution is 7.89. The first-order valence-corrected chi connectivity index (χ1v) is 7.42. The third-order valence-corrected chi connectivity index (χ3v) is 4.41. The van der Waals surface area contributed by atoms with Gasteiger partial charge in [0.1, 0.15) is 0 Å². The Labute approximate surface area is 102 Å². The van der Waals surface area contributed by atoms with Crippen molar-refractivity contribution in [3.8, 4) is 0 Å². The van der Waals surface area contributed by atoms with Gasteiger partial charge in [-0.2, -0.15) is 0 Å². The first-order chi connectivity index (χ1) is 7.94. The van der Waals surface area contributed by atoms with E-state index in [0.717, 1.165) is 19.3 Å². The fourth-order valence-corrected chi connectivity index (χ4v) is 3.33. The number of methoxy groups -OCH3 is 1. The number of nitrogens with two attached hydrogens (primary N) is 1. The number of ether oxygens (including phenoxy) is 1. The van der Waals surface area contributed by atoms with E-state index in [1.807, 2.05) is 0 Å². The molecule has 2 atom stereocenters. The average molecular weight is 264 g/mol.